The lowest BCUT2D eigenvalue weighted by Gasteiger charge is -2.24. The second-order valence-corrected chi connectivity index (χ2v) is 6.41. The van der Waals surface area contributed by atoms with Gasteiger partial charge in [-0.3, -0.25) is 20.4 Å². The van der Waals surface area contributed by atoms with Gasteiger partial charge in [0, 0.05) is 0 Å². The highest BCUT2D eigenvalue weighted by Gasteiger charge is 2.26. The minimum Gasteiger partial charge on any atom is -0.492 e. The van der Waals surface area contributed by atoms with Crippen LogP contribution in [0.25, 0.3) is 0 Å². The first-order valence-corrected chi connectivity index (χ1v) is 8.52. The van der Waals surface area contributed by atoms with E-state index in [1.54, 1.807) is 0 Å². The van der Waals surface area contributed by atoms with E-state index in [0.717, 1.165) is 22.4 Å². The Bertz CT molecular complexity index is 819. The molecule has 136 valence electrons. The second-order valence-electron chi connectivity index (χ2n) is 6.41. The maximum absolute atomic E-state index is 12.2. The van der Waals surface area contributed by atoms with Crippen LogP contribution < -0.4 is 20.3 Å². The summed E-state index contributed by atoms with van der Waals surface area (Å²) in [6, 6.07) is 13.4. The third kappa shape index (κ3) is 4.33. The molecule has 2 aromatic rings. The summed E-state index contributed by atoms with van der Waals surface area (Å²) in [6.45, 7) is 3.98. The van der Waals surface area contributed by atoms with Gasteiger partial charge in [-0.05, 0) is 49.1 Å². The summed E-state index contributed by atoms with van der Waals surface area (Å²) >= 11 is 0. The van der Waals surface area contributed by atoms with Crippen molar-refractivity contribution in [3.63, 3.8) is 0 Å². The average molecular weight is 354 g/mol. The SMILES string of the molecule is Cc1ccc(C)c(OCC(=O)NNC(=O)C2COc3ccccc3C2)c1. The normalized spacial score (nSPS) is 15.4. The molecule has 1 aliphatic rings. The van der Waals surface area contributed by atoms with Crippen molar-refractivity contribution in [2.75, 3.05) is 13.2 Å². The molecule has 0 saturated heterocycles. The highest BCUT2D eigenvalue weighted by molar-refractivity contribution is 5.84. The molecule has 0 saturated carbocycles. The molecule has 26 heavy (non-hydrogen) atoms. The van der Waals surface area contributed by atoms with Crippen LogP contribution in [0.5, 0.6) is 11.5 Å². The summed E-state index contributed by atoms with van der Waals surface area (Å²) in [7, 11) is 0. The molecule has 6 nitrogen and oxygen atoms in total. The van der Waals surface area contributed by atoms with Crippen LogP contribution in [0.3, 0.4) is 0 Å². The monoisotopic (exact) mass is 354 g/mol. The quantitative estimate of drug-likeness (QED) is 0.824. The Labute approximate surface area is 152 Å². The van der Waals surface area contributed by atoms with Crippen molar-refractivity contribution in [3.8, 4) is 11.5 Å². The van der Waals surface area contributed by atoms with Crippen LogP contribution in [-0.4, -0.2) is 25.0 Å². The number of hydrogen-bond acceptors (Lipinski definition) is 4. The molecule has 0 aliphatic carbocycles. The topological polar surface area (TPSA) is 76.7 Å². The van der Waals surface area contributed by atoms with Crippen molar-refractivity contribution in [3.05, 3.63) is 59.2 Å². The van der Waals surface area contributed by atoms with E-state index in [4.69, 9.17) is 9.47 Å². The highest BCUT2D eigenvalue weighted by atomic mass is 16.5. The molecule has 6 heteroatoms. The van der Waals surface area contributed by atoms with Crippen LogP contribution in [0.1, 0.15) is 16.7 Å². The van der Waals surface area contributed by atoms with E-state index in [2.05, 4.69) is 10.9 Å². The first kappa shape index (κ1) is 17.8. The molecule has 2 amide bonds. The third-order valence-electron chi connectivity index (χ3n) is 4.28. The van der Waals surface area contributed by atoms with Gasteiger partial charge in [0.05, 0.1) is 5.92 Å². The van der Waals surface area contributed by atoms with Crippen LogP contribution in [0, 0.1) is 19.8 Å². The molecule has 0 radical (unpaired) electrons. The molecule has 2 aromatic carbocycles. The van der Waals surface area contributed by atoms with Crippen molar-refractivity contribution in [1.29, 1.82) is 0 Å². The smallest absolute Gasteiger partial charge is 0.276 e. The third-order valence-corrected chi connectivity index (χ3v) is 4.28. The number of rotatable bonds is 4. The van der Waals surface area contributed by atoms with E-state index >= 15 is 0 Å². The largest absolute Gasteiger partial charge is 0.492 e. The van der Waals surface area contributed by atoms with Gasteiger partial charge in [0.2, 0.25) is 5.91 Å². The Balaban J connectivity index is 1.46. The summed E-state index contributed by atoms with van der Waals surface area (Å²) in [5.41, 5.74) is 7.83. The summed E-state index contributed by atoms with van der Waals surface area (Å²) in [4.78, 5) is 24.2. The number of hydrazine groups is 1. The number of amides is 2. The number of carbonyl (C=O) groups excluding carboxylic acids is 2. The summed E-state index contributed by atoms with van der Waals surface area (Å²) < 4.78 is 11.1. The highest BCUT2D eigenvalue weighted by Crippen LogP contribution is 2.26. The van der Waals surface area contributed by atoms with Crippen molar-refractivity contribution in [2.24, 2.45) is 5.92 Å². The number of fused-ring (bicyclic) bond motifs is 1. The number of hydrogen-bond donors (Lipinski definition) is 2. The van der Waals surface area contributed by atoms with Gasteiger partial charge in [0.15, 0.2) is 6.61 Å². The summed E-state index contributed by atoms with van der Waals surface area (Å²) in [6.07, 6.45) is 0.580. The number of carbonyl (C=O) groups is 2. The van der Waals surface area contributed by atoms with E-state index in [-0.39, 0.29) is 25.0 Å². The van der Waals surface area contributed by atoms with Crippen molar-refractivity contribution in [1.82, 2.24) is 10.9 Å². The Hall–Kier alpha value is -3.02. The number of aryl methyl sites for hydroxylation is 2. The first-order chi connectivity index (χ1) is 12.5. The Morgan fingerprint density at radius 2 is 1.96 bits per heavy atom. The van der Waals surface area contributed by atoms with Gasteiger partial charge in [-0.1, -0.05) is 30.3 Å². The van der Waals surface area contributed by atoms with Crippen LogP contribution in [0.2, 0.25) is 0 Å². The summed E-state index contributed by atoms with van der Waals surface area (Å²) in [5.74, 6) is 0.424. The lowest BCUT2D eigenvalue weighted by Crippen LogP contribution is -2.48. The molecule has 1 unspecified atom stereocenters. The van der Waals surface area contributed by atoms with Gasteiger partial charge < -0.3 is 9.47 Å². The maximum atomic E-state index is 12.2. The maximum Gasteiger partial charge on any atom is 0.276 e. The molecular formula is C20H22N2O4. The van der Waals surface area contributed by atoms with E-state index in [9.17, 15) is 9.59 Å². The molecule has 0 aromatic heterocycles. The standard InChI is InChI=1S/C20H22N2O4/c1-13-7-8-14(2)18(9-13)26-12-19(23)21-22-20(24)16-10-15-5-3-4-6-17(15)25-11-16/h3-9,16H,10-12H2,1-2H3,(H,21,23)(H,22,24). The second kappa shape index (κ2) is 7.91. The van der Waals surface area contributed by atoms with E-state index < -0.39 is 5.91 Å². The minimum absolute atomic E-state index is 0.172. The minimum atomic E-state index is -0.420. The number of benzene rings is 2. The van der Waals surface area contributed by atoms with Crippen LogP contribution in [-0.2, 0) is 16.0 Å². The van der Waals surface area contributed by atoms with Crippen LogP contribution in [0.4, 0.5) is 0 Å². The Kier molecular flexibility index (Phi) is 5.41. The molecule has 0 fully saturated rings. The number of ether oxygens (including phenoxy) is 2. The fourth-order valence-corrected chi connectivity index (χ4v) is 2.77. The Morgan fingerprint density at radius 1 is 1.15 bits per heavy atom. The van der Waals surface area contributed by atoms with Crippen molar-refractivity contribution in [2.45, 2.75) is 20.3 Å². The molecular weight excluding hydrogens is 332 g/mol. The zero-order valence-corrected chi connectivity index (χ0v) is 14.9. The van der Waals surface area contributed by atoms with Gasteiger partial charge in [-0.25, -0.2) is 0 Å². The van der Waals surface area contributed by atoms with Gasteiger partial charge in [0.25, 0.3) is 5.91 Å². The zero-order valence-electron chi connectivity index (χ0n) is 14.9. The predicted octanol–water partition coefficient (Wildman–Crippen LogP) is 2.08. The first-order valence-electron chi connectivity index (χ1n) is 8.52. The van der Waals surface area contributed by atoms with Crippen molar-refractivity contribution < 1.29 is 19.1 Å². The average Bonchev–Trinajstić information content (AvgIpc) is 2.66. The molecule has 0 bridgehead atoms. The summed E-state index contributed by atoms with van der Waals surface area (Å²) in [5, 5.41) is 0. The number of nitrogens with one attached hydrogen (secondary N) is 2. The number of para-hydroxylation sites is 1. The fourth-order valence-electron chi connectivity index (χ4n) is 2.77. The van der Waals surface area contributed by atoms with Crippen LogP contribution >= 0.6 is 0 Å². The van der Waals surface area contributed by atoms with Gasteiger partial charge in [-0.2, -0.15) is 0 Å². The fraction of sp³-hybridized carbons (Fsp3) is 0.300. The zero-order chi connectivity index (χ0) is 18.5. The van der Waals surface area contributed by atoms with E-state index in [0.29, 0.717) is 12.2 Å². The predicted molar refractivity (Wildman–Crippen MR) is 96.8 cm³/mol. The lowest BCUT2D eigenvalue weighted by atomic mass is 9.96. The van der Waals surface area contributed by atoms with Gasteiger partial charge >= 0.3 is 0 Å². The molecule has 1 atom stereocenters. The molecule has 0 spiro atoms. The van der Waals surface area contributed by atoms with Crippen molar-refractivity contribution >= 4 is 11.8 Å². The molecule has 2 N–H and O–H groups in total. The molecule has 3 rings (SSSR count). The Morgan fingerprint density at radius 3 is 2.81 bits per heavy atom. The van der Waals surface area contributed by atoms with Gasteiger partial charge in [0.1, 0.15) is 18.1 Å². The van der Waals surface area contributed by atoms with Crippen LogP contribution in [0.15, 0.2) is 42.5 Å². The van der Waals surface area contributed by atoms with E-state index in [1.807, 2.05) is 56.3 Å². The van der Waals surface area contributed by atoms with E-state index in [1.165, 1.54) is 0 Å². The molecule has 1 heterocycles. The molecule has 1 aliphatic heterocycles. The van der Waals surface area contributed by atoms with Gasteiger partial charge in [-0.15, -0.1) is 0 Å². The lowest BCUT2D eigenvalue weighted by molar-refractivity contribution is -0.132.